The van der Waals surface area contributed by atoms with Gasteiger partial charge in [0.05, 0.1) is 6.10 Å². The number of ether oxygens (including phenoxy) is 1. The lowest BCUT2D eigenvalue weighted by molar-refractivity contribution is 0.108. The third-order valence-corrected chi connectivity index (χ3v) is 3.07. The third-order valence-electron chi connectivity index (χ3n) is 3.07. The van der Waals surface area contributed by atoms with Gasteiger partial charge in [-0.3, -0.25) is 0 Å². The lowest BCUT2D eigenvalue weighted by atomic mass is 10.2. The molecule has 6 heteroatoms. The van der Waals surface area contributed by atoms with Crippen LogP contribution in [-0.4, -0.2) is 36.3 Å². The van der Waals surface area contributed by atoms with Crippen molar-refractivity contribution in [2.45, 2.75) is 31.4 Å². The average Bonchev–Trinajstić information content (AvgIpc) is 2.76. The van der Waals surface area contributed by atoms with Gasteiger partial charge < -0.3 is 21.1 Å². The Kier molecular flexibility index (Phi) is 3.63. The Bertz CT molecular complexity index is 384. The van der Waals surface area contributed by atoms with E-state index in [9.17, 15) is 0 Å². The summed E-state index contributed by atoms with van der Waals surface area (Å²) in [6, 6.07) is 2.26. The van der Waals surface area contributed by atoms with E-state index in [2.05, 4.69) is 20.6 Å². The van der Waals surface area contributed by atoms with E-state index in [4.69, 9.17) is 10.5 Å². The van der Waals surface area contributed by atoms with Gasteiger partial charge in [-0.2, -0.15) is 9.97 Å². The zero-order chi connectivity index (χ0) is 12.3. The average molecular weight is 237 g/mol. The number of anilines is 3. The zero-order valence-electron chi connectivity index (χ0n) is 10.2. The molecule has 17 heavy (non-hydrogen) atoms. The van der Waals surface area contributed by atoms with Crippen molar-refractivity contribution in [2.75, 3.05) is 30.5 Å². The maximum Gasteiger partial charge on any atom is 0.223 e. The van der Waals surface area contributed by atoms with E-state index in [-0.39, 0.29) is 5.95 Å². The second-order valence-corrected chi connectivity index (χ2v) is 4.26. The second kappa shape index (κ2) is 5.18. The molecular weight excluding hydrogens is 218 g/mol. The van der Waals surface area contributed by atoms with Crippen molar-refractivity contribution >= 4 is 17.6 Å². The highest BCUT2D eigenvalue weighted by atomic mass is 16.5. The molecule has 1 aromatic heterocycles. The van der Waals surface area contributed by atoms with Crippen molar-refractivity contribution in [1.29, 1.82) is 0 Å². The summed E-state index contributed by atoms with van der Waals surface area (Å²) in [5, 5.41) is 6.33. The highest BCUT2D eigenvalue weighted by Crippen LogP contribution is 2.25. The summed E-state index contributed by atoms with van der Waals surface area (Å²) in [7, 11) is 3.57. The molecule has 2 atom stereocenters. The molecule has 0 spiro atoms. The standard InChI is InChI=1S/C11H19N5O/c1-13-9-6-10(16-11(12)15-9)14-7-3-4-8(5-7)17-2/h6-8H,3-5H2,1-2H3,(H4,12,13,14,15,16). The van der Waals surface area contributed by atoms with Gasteiger partial charge in [-0.1, -0.05) is 0 Å². The van der Waals surface area contributed by atoms with Crippen LogP contribution in [0, 0.1) is 0 Å². The van der Waals surface area contributed by atoms with E-state index in [1.54, 1.807) is 7.11 Å². The van der Waals surface area contributed by atoms with Crippen LogP contribution in [0.4, 0.5) is 17.6 Å². The quantitative estimate of drug-likeness (QED) is 0.726. The van der Waals surface area contributed by atoms with Gasteiger partial charge in [-0.15, -0.1) is 0 Å². The van der Waals surface area contributed by atoms with Crippen molar-refractivity contribution in [2.24, 2.45) is 0 Å². The summed E-state index contributed by atoms with van der Waals surface area (Å²) < 4.78 is 5.34. The van der Waals surface area contributed by atoms with Crippen LogP contribution in [0.15, 0.2) is 6.07 Å². The fourth-order valence-electron chi connectivity index (χ4n) is 2.16. The van der Waals surface area contributed by atoms with Crippen LogP contribution >= 0.6 is 0 Å². The Balaban J connectivity index is 2.01. The van der Waals surface area contributed by atoms with Crippen molar-refractivity contribution in [3.8, 4) is 0 Å². The molecule has 0 saturated heterocycles. The van der Waals surface area contributed by atoms with Gasteiger partial charge in [0.2, 0.25) is 5.95 Å². The van der Waals surface area contributed by atoms with Crippen LogP contribution in [0.25, 0.3) is 0 Å². The molecule has 0 bridgehead atoms. The summed E-state index contributed by atoms with van der Waals surface area (Å²) in [6.45, 7) is 0. The van der Waals surface area contributed by atoms with Crippen molar-refractivity contribution in [1.82, 2.24) is 9.97 Å². The normalized spacial score (nSPS) is 23.6. The molecule has 4 N–H and O–H groups in total. The maximum absolute atomic E-state index is 5.64. The Hall–Kier alpha value is -1.56. The fraction of sp³-hybridized carbons (Fsp3) is 0.636. The number of rotatable bonds is 4. The predicted octanol–water partition coefficient (Wildman–Crippen LogP) is 1.08. The molecule has 1 aliphatic rings. The topological polar surface area (TPSA) is 85.1 Å². The highest BCUT2D eigenvalue weighted by Gasteiger charge is 2.24. The zero-order valence-corrected chi connectivity index (χ0v) is 10.2. The molecule has 1 fully saturated rings. The number of nitrogens with two attached hydrogens (primary N) is 1. The molecule has 0 aromatic carbocycles. The van der Waals surface area contributed by atoms with Crippen molar-refractivity contribution in [3.63, 3.8) is 0 Å². The smallest absolute Gasteiger partial charge is 0.223 e. The molecule has 1 saturated carbocycles. The molecule has 0 radical (unpaired) electrons. The van der Waals surface area contributed by atoms with Gasteiger partial charge in [0, 0.05) is 26.3 Å². The fourth-order valence-corrected chi connectivity index (χ4v) is 2.16. The molecule has 6 nitrogen and oxygen atoms in total. The number of nitrogens with one attached hydrogen (secondary N) is 2. The first kappa shape index (κ1) is 11.9. The first-order valence-corrected chi connectivity index (χ1v) is 5.83. The van der Waals surface area contributed by atoms with Gasteiger partial charge in [0.25, 0.3) is 0 Å². The Labute approximate surface area is 101 Å². The first-order chi connectivity index (χ1) is 8.21. The summed E-state index contributed by atoms with van der Waals surface area (Å²) in [6.07, 6.45) is 3.55. The molecule has 94 valence electrons. The van der Waals surface area contributed by atoms with Crippen LogP contribution in [0.3, 0.4) is 0 Å². The highest BCUT2D eigenvalue weighted by molar-refractivity contribution is 5.51. The Morgan fingerprint density at radius 3 is 2.76 bits per heavy atom. The van der Waals surface area contributed by atoms with Gasteiger partial charge in [0.1, 0.15) is 11.6 Å². The van der Waals surface area contributed by atoms with E-state index < -0.39 is 0 Å². The van der Waals surface area contributed by atoms with E-state index >= 15 is 0 Å². The van der Waals surface area contributed by atoms with Crippen LogP contribution in [0.5, 0.6) is 0 Å². The predicted molar refractivity (Wildman–Crippen MR) is 68.0 cm³/mol. The van der Waals surface area contributed by atoms with Crippen LogP contribution < -0.4 is 16.4 Å². The van der Waals surface area contributed by atoms with Crippen molar-refractivity contribution < 1.29 is 4.74 Å². The van der Waals surface area contributed by atoms with Gasteiger partial charge in [-0.25, -0.2) is 0 Å². The van der Waals surface area contributed by atoms with Gasteiger partial charge in [-0.05, 0) is 19.3 Å². The van der Waals surface area contributed by atoms with E-state index in [1.807, 2.05) is 13.1 Å². The number of methoxy groups -OCH3 is 1. The largest absolute Gasteiger partial charge is 0.381 e. The number of nitrogens with zero attached hydrogens (tertiary/aromatic N) is 2. The lowest BCUT2D eigenvalue weighted by Gasteiger charge is -2.14. The summed E-state index contributed by atoms with van der Waals surface area (Å²) >= 11 is 0. The van der Waals surface area contributed by atoms with E-state index in [0.29, 0.717) is 12.1 Å². The molecule has 1 heterocycles. The van der Waals surface area contributed by atoms with Crippen LogP contribution in [0.2, 0.25) is 0 Å². The first-order valence-electron chi connectivity index (χ1n) is 5.83. The number of aromatic nitrogens is 2. The molecule has 1 aromatic rings. The minimum Gasteiger partial charge on any atom is -0.381 e. The van der Waals surface area contributed by atoms with Crippen molar-refractivity contribution in [3.05, 3.63) is 6.07 Å². The van der Waals surface area contributed by atoms with Gasteiger partial charge >= 0.3 is 0 Å². The van der Waals surface area contributed by atoms with E-state index in [1.165, 1.54) is 0 Å². The summed E-state index contributed by atoms with van der Waals surface area (Å²) in [5.41, 5.74) is 5.64. The van der Waals surface area contributed by atoms with E-state index in [0.717, 1.165) is 30.9 Å². The minimum atomic E-state index is 0.278. The Morgan fingerprint density at radius 1 is 1.35 bits per heavy atom. The SMILES string of the molecule is CNc1cc(NC2CCC(OC)C2)nc(N)n1. The molecule has 1 aliphatic carbocycles. The monoisotopic (exact) mass is 237 g/mol. The summed E-state index contributed by atoms with van der Waals surface area (Å²) in [5.74, 6) is 1.77. The number of hydrogen-bond donors (Lipinski definition) is 3. The molecule has 0 amide bonds. The molecular formula is C11H19N5O. The second-order valence-electron chi connectivity index (χ2n) is 4.26. The van der Waals surface area contributed by atoms with Crippen LogP contribution in [0.1, 0.15) is 19.3 Å². The minimum absolute atomic E-state index is 0.278. The molecule has 2 unspecified atom stereocenters. The lowest BCUT2D eigenvalue weighted by Crippen LogP contribution is -2.18. The third kappa shape index (κ3) is 2.97. The molecule has 0 aliphatic heterocycles. The summed E-state index contributed by atoms with van der Waals surface area (Å²) in [4.78, 5) is 8.22. The van der Waals surface area contributed by atoms with Gasteiger partial charge in [0.15, 0.2) is 0 Å². The van der Waals surface area contributed by atoms with Crippen LogP contribution in [-0.2, 0) is 4.74 Å². The number of nitrogen functional groups attached to an aromatic ring is 1. The maximum atomic E-state index is 5.64. The Morgan fingerprint density at radius 2 is 2.12 bits per heavy atom. The molecule has 2 rings (SSSR count). The number of hydrogen-bond acceptors (Lipinski definition) is 6.